The van der Waals surface area contributed by atoms with Gasteiger partial charge >= 0.3 is 0 Å². The number of rotatable bonds is 5. The van der Waals surface area contributed by atoms with Crippen molar-refractivity contribution in [2.24, 2.45) is 0 Å². The van der Waals surface area contributed by atoms with Gasteiger partial charge in [-0.1, -0.05) is 12.7 Å². The molecule has 0 N–H and O–H groups in total. The molecule has 2 aliphatic heterocycles. The van der Waals surface area contributed by atoms with E-state index in [-0.39, 0.29) is 11.7 Å². The van der Waals surface area contributed by atoms with Crippen LogP contribution in [0.3, 0.4) is 0 Å². The number of benzene rings is 1. The number of carbonyl (C=O) groups excluding carboxylic acids is 1. The molecule has 0 unspecified atom stereocenters. The molecule has 8 heteroatoms. The molecule has 0 saturated carbocycles. The van der Waals surface area contributed by atoms with E-state index in [1.54, 1.807) is 17.3 Å². The summed E-state index contributed by atoms with van der Waals surface area (Å²) in [5.74, 6) is 1.29. The fourth-order valence-corrected chi connectivity index (χ4v) is 4.34. The van der Waals surface area contributed by atoms with Crippen molar-refractivity contribution in [2.75, 3.05) is 19.7 Å². The smallest absolute Gasteiger partial charge is 0.246 e. The number of aryl methyl sites for hydroxylation is 1. The monoisotopic (exact) mass is 419 g/mol. The van der Waals surface area contributed by atoms with Gasteiger partial charge in [-0.15, -0.1) is 10.2 Å². The Kier molecular flexibility index (Phi) is 4.97. The summed E-state index contributed by atoms with van der Waals surface area (Å²) >= 11 is 0. The molecule has 0 fully saturated rings. The van der Waals surface area contributed by atoms with E-state index in [0.717, 1.165) is 40.3 Å². The maximum atomic E-state index is 14.5. The van der Waals surface area contributed by atoms with Crippen molar-refractivity contribution in [3.8, 4) is 5.75 Å². The van der Waals surface area contributed by atoms with Gasteiger partial charge in [0.25, 0.3) is 0 Å². The van der Waals surface area contributed by atoms with Crippen molar-refractivity contribution >= 4 is 17.1 Å². The van der Waals surface area contributed by atoms with Gasteiger partial charge in [-0.25, -0.2) is 9.37 Å². The van der Waals surface area contributed by atoms with E-state index in [4.69, 9.17) is 4.74 Å². The van der Waals surface area contributed by atoms with Gasteiger partial charge in [0.2, 0.25) is 5.91 Å². The van der Waals surface area contributed by atoms with Gasteiger partial charge < -0.3 is 9.64 Å². The lowest BCUT2D eigenvalue weighted by atomic mass is 9.99. The van der Waals surface area contributed by atoms with Crippen molar-refractivity contribution in [3.63, 3.8) is 0 Å². The van der Waals surface area contributed by atoms with Crippen molar-refractivity contribution in [2.45, 2.75) is 25.7 Å². The van der Waals surface area contributed by atoms with Crippen LogP contribution < -0.4 is 4.74 Å². The van der Waals surface area contributed by atoms with Crippen molar-refractivity contribution in [3.05, 3.63) is 71.7 Å². The second kappa shape index (κ2) is 7.94. The number of aromatic nitrogens is 4. The number of halogens is 1. The maximum Gasteiger partial charge on any atom is 0.246 e. The molecule has 1 amide bonds. The zero-order chi connectivity index (χ0) is 21.4. The molecule has 5 rings (SSSR count). The normalized spacial score (nSPS) is 15.5. The standard InChI is InChI=1S/C23H22FN5O2/c1-2-22(30)28-10-7-15(8-11-28)18-13-25-21(29-14-26-27-23(18)29)6-3-16-17-9-12-31-20(17)5-4-19(16)24/h2,4-5,7,13-14H,1,3,6,8-12H2. The van der Waals surface area contributed by atoms with Crippen LogP contribution in [0.1, 0.15) is 28.9 Å². The van der Waals surface area contributed by atoms with Crippen LogP contribution in [0.15, 0.2) is 43.4 Å². The molecule has 0 bridgehead atoms. The highest BCUT2D eigenvalue weighted by atomic mass is 19.1. The quantitative estimate of drug-likeness (QED) is 0.595. The Morgan fingerprint density at radius 2 is 2.19 bits per heavy atom. The number of hydrogen-bond acceptors (Lipinski definition) is 5. The Morgan fingerprint density at radius 1 is 1.29 bits per heavy atom. The predicted molar refractivity (Wildman–Crippen MR) is 113 cm³/mol. The first kappa shape index (κ1) is 19.4. The zero-order valence-electron chi connectivity index (χ0n) is 17.1. The molecule has 7 nitrogen and oxygen atoms in total. The number of ether oxygens (including phenoxy) is 1. The third kappa shape index (κ3) is 3.48. The molecule has 1 aromatic carbocycles. The SMILES string of the molecule is C=CC(=O)N1CC=C(c2cnc(CCc3c(F)ccc4c3CCO4)n3cnnc23)CC1. The van der Waals surface area contributed by atoms with E-state index in [2.05, 4.69) is 21.8 Å². The lowest BCUT2D eigenvalue weighted by Crippen LogP contribution is -2.33. The minimum atomic E-state index is -0.202. The lowest BCUT2D eigenvalue weighted by Gasteiger charge is -2.25. The van der Waals surface area contributed by atoms with E-state index in [0.29, 0.717) is 44.5 Å². The van der Waals surface area contributed by atoms with Crippen LogP contribution in [0.4, 0.5) is 4.39 Å². The van der Waals surface area contributed by atoms with E-state index in [9.17, 15) is 9.18 Å². The number of nitrogens with zero attached hydrogens (tertiary/aromatic N) is 5. The molecule has 3 aromatic rings. The minimum absolute atomic E-state index is 0.0681. The molecular formula is C23H22FN5O2. The molecule has 31 heavy (non-hydrogen) atoms. The Balaban J connectivity index is 1.40. The number of carbonyl (C=O) groups is 1. The second-order valence-electron chi connectivity index (χ2n) is 7.68. The Labute approximate surface area is 178 Å². The predicted octanol–water partition coefficient (Wildman–Crippen LogP) is 2.79. The van der Waals surface area contributed by atoms with Crippen LogP contribution in [0.5, 0.6) is 5.75 Å². The topological polar surface area (TPSA) is 72.6 Å². The summed E-state index contributed by atoms with van der Waals surface area (Å²) in [7, 11) is 0. The van der Waals surface area contributed by atoms with Crippen molar-refractivity contribution < 1.29 is 13.9 Å². The number of fused-ring (bicyclic) bond motifs is 2. The third-order valence-electron chi connectivity index (χ3n) is 5.99. The lowest BCUT2D eigenvalue weighted by molar-refractivity contribution is -0.125. The average Bonchev–Trinajstić information content (AvgIpc) is 3.48. The first-order valence-electron chi connectivity index (χ1n) is 10.4. The first-order valence-corrected chi connectivity index (χ1v) is 10.4. The molecule has 0 aliphatic carbocycles. The van der Waals surface area contributed by atoms with Gasteiger partial charge in [-0.2, -0.15) is 0 Å². The molecular weight excluding hydrogens is 397 g/mol. The van der Waals surface area contributed by atoms with Gasteiger partial charge in [0.1, 0.15) is 23.7 Å². The first-order chi connectivity index (χ1) is 15.2. The molecule has 2 aromatic heterocycles. The maximum absolute atomic E-state index is 14.5. The van der Waals surface area contributed by atoms with Crippen LogP contribution in [0.2, 0.25) is 0 Å². The van der Waals surface area contributed by atoms with Gasteiger partial charge in [0.05, 0.1) is 6.61 Å². The summed E-state index contributed by atoms with van der Waals surface area (Å²) < 4.78 is 21.9. The average molecular weight is 419 g/mol. The van der Waals surface area contributed by atoms with E-state index in [1.165, 1.54) is 12.1 Å². The summed E-state index contributed by atoms with van der Waals surface area (Å²) in [5, 5.41) is 8.37. The molecule has 0 saturated heterocycles. The van der Waals surface area contributed by atoms with Crippen LogP contribution in [-0.2, 0) is 24.1 Å². The van der Waals surface area contributed by atoms with Crippen LogP contribution in [0.25, 0.3) is 11.2 Å². The molecule has 0 atom stereocenters. The highest BCUT2D eigenvalue weighted by molar-refractivity contribution is 5.88. The summed E-state index contributed by atoms with van der Waals surface area (Å²) in [6.45, 7) is 5.30. The van der Waals surface area contributed by atoms with Gasteiger partial charge in [0, 0.05) is 43.3 Å². The van der Waals surface area contributed by atoms with E-state index < -0.39 is 0 Å². The number of amides is 1. The summed E-state index contributed by atoms with van der Waals surface area (Å²) in [4.78, 5) is 18.2. The summed E-state index contributed by atoms with van der Waals surface area (Å²) in [6, 6.07) is 3.17. The van der Waals surface area contributed by atoms with Crippen molar-refractivity contribution in [1.29, 1.82) is 0 Å². The molecule has 0 radical (unpaired) electrons. The highest BCUT2D eigenvalue weighted by Crippen LogP contribution is 2.31. The van der Waals surface area contributed by atoms with Crippen LogP contribution >= 0.6 is 0 Å². The molecule has 2 aliphatic rings. The zero-order valence-corrected chi connectivity index (χ0v) is 17.1. The van der Waals surface area contributed by atoms with Gasteiger partial charge in [-0.3, -0.25) is 9.20 Å². The van der Waals surface area contributed by atoms with Crippen LogP contribution in [-0.4, -0.2) is 50.1 Å². The molecule has 4 heterocycles. The largest absolute Gasteiger partial charge is 0.493 e. The van der Waals surface area contributed by atoms with Gasteiger partial charge in [-0.05, 0) is 42.2 Å². The van der Waals surface area contributed by atoms with Gasteiger partial charge in [0.15, 0.2) is 5.65 Å². The Hall–Kier alpha value is -3.55. The third-order valence-corrected chi connectivity index (χ3v) is 5.99. The second-order valence-corrected chi connectivity index (χ2v) is 7.68. The Morgan fingerprint density at radius 3 is 3.00 bits per heavy atom. The highest BCUT2D eigenvalue weighted by Gasteiger charge is 2.21. The van der Waals surface area contributed by atoms with E-state index in [1.807, 2.05) is 16.7 Å². The Bertz CT molecular complexity index is 1220. The summed E-state index contributed by atoms with van der Waals surface area (Å²) in [6.07, 6.45) is 9.35. The molecule has 0 spiro atoms. The fourth-order valence-electron chi connectivity index (χ4n) is 4.34. The minimum Gasteiger partial charge on any atom is -0.493 e. The molecule has 158 valence electrons. The number of hydrogen-bond donors (Lipinski definition) is 0. The van der Waals surface area contributed by atoms with Crippen molar-refractivity contribution in [1.82, 2.24) is 24.5 Å². The summed E-state index contributed by atoms with van der Waals surface area (Å²) in [5.41, 5.74) is 4.38. The van der Waals surface area contributed by atoms with Crippen LogP contribution in [0, 0.1) is 5.82 Å². The fraction of sp³-hybridized carbons (Fsp3) is 0.304. The van der Waals surface area contributed by atoms with E-state index >= 15 is 0 Å².